The molecule has 5 nitrogen and oxygen atoms in total. The highest BCUT2D eigenvalue weighted by Crippen LogP contribution is 2.13. The minimum atomic E-state index is -0.458. The summed E-state index contributed by atoms with van der Waals surface area (Å²) in [5.74, 6) is 0.527. The van der Waals surface area contributed by atoms with Crippen molar-refractivity contribution in [2.75, 3.05) is 5.32 Å². The summed E-state index contributed by atoms with van der Waals surface area (Å²) < 4.78 is 1.75. The van der Waals surface area contributed by atoms with E-state index in [-0.39, 0.29) is 11.9 Å². The summed E-state index contributed by atoms with van der Waals surface area (Å²) in [6, 6.07) is 1.52. The fourth-order valence-electron chi connectivity index (χ4n) is 1.23. The Labute approximate surface area is 89.6 Å². The molecular formula is C10H18N4O. The van der Waals surface area contributed by atoms with E-state index in [1.165, 1.54) is 0 Å². The number of nitrogens with one attached hydrogen (secondary N) is 1. The van der Waals surface area contributed by atoms with Crippen LogP contribution in [0.1, 0.15) is 33.2 Å². The van der Waals surface area contributed by atoms with Crippen LogP contribution in [0.25, 0.3) is 0 Å². The van der Waals surface area contributed by atoms with Gasteiger partial charge in [-0.25, -0.2) is 4.68 Å². The number of rotatable bonds is 4. The lowest BCUT2D eigenvalue weighted by Gasteiger charge is -2.13. The van der Waals surface area contributed by atoms with Gasteiger partial charge in [0.25, 0.3) is 0 Å². The third-order valence-electron chi connectivity index (χ3n) is 2.19. The molecule has 1 amide bonds. The largest absolute Gasteiger partial charge is 0.320 e. The fraction of sp³-hybridized carbons (Fsp3) is 0.600. The van der Waals surface area contributed by atoms with Gasteiger partial charge in [0.1, 0.15) is 5.82 Å². The van der Waals surface area contributed by atoms with E-state index in [1.807, 2.05) is 20.8 Å². The first-order valence-electron chi connectivity index (χ1n) is 5.16. The van der Waals surface area contributed by atoms with Gasteiger partial charge in [0.2, 0.25) is 5.91 Å². The van der Waals surface area contributed by atoms with E-state index >= 15 is 0 Å². The zero-order valence-corrected chi connectivity index (χ0v) is 9.40. The van der Waals surface area contributed by atoms with E-state index in [0.29, 0.717) is 12.2 Å². The van der Waals surface area contributed by atoms with Gasteiger partial charge >= 0.3 is 0 Å². The topological polar surface area (TPSA) is 72.9 Å². The van der Waals surface area contributed by atoms with Gasteiger partial charge in [-0.05, 0) is 20.3 Å². The molecule has 0 aliphatic heterocycles. The maximum Gasteiger partial charge on any atom is 0.242 e. The smallest absolute Gasteiger partial charge is 0.242 e. The van der Waals surface area contributed by atoms with E-state index in [9.17, 15) is 4.79 Å². The molecule has 0 aliphatic rings. The van der Waals surface area contributed by atoms with Crippen LogP contribution in [0, 0.1) is 0 Å². The molecule has 5 heteroatoms. The Morgan fingerprint density at radius 1 is 1.67 bits per heavy atom. The Hall–Kier alpha value is -1.36. The van der Waals surface area contributed by atoms with Crippen LogP contribution >= 0.6 is 0 Å². The van der Waals surface area contributed by atoms with Crippen molar-refractivity contribution in [3.8, 4) is 0 Å². The van der Waals surface area contributed by atoms with Crippen molar-refractivity contribution in [3.05, 3.63) is 12.3 Å². The highest BCUT2D eigenvalue weighted by molar-refractivity contribution is 5.93. The predicted molar refractivity (Wildman–Crippen MR) is 59.5 cm³/mol. The molecule has 1 heterocycles. The third-order valence-corrected chi connectivity index (χ3v) is 2.19. The number of nitrogens with zero attached hydrogens (tertiary/aromatic N) is 2. The first kappa shape index (κ1) is 11.7. The van der Waals surface area contributed by atoms with Crippen LogP contribution in [0.4, 0.5) is 5.82 Å². The number of aromatic nitrogens is 2. The van der Waals surface area contributed by atoms with E-state index in [4.69, 9.17) is 5.73 Å². The molecule has 1 atom stereocenters. The average Bonchev–Trinajstić information content (AvgIpc) is 2.64. The van der Waals surface area contributed by atoms with Crippen molar-refractivity contribution in [3.63, 3.8) is 0 Å². The number of carbonyl (C=O) groups excluding carboxylic acids is 1. The maximum atomic E-state index is 11.5. The normalized spacial score (nSPS) is 12.9. The van der Waals surface area contributed by atoms with Gasteiger partial charge in [-0.3, -0.25) is 4.79 Å². The maximum absolute atomic E-state index is 11.5. The summed E-state index contributed by atoms with van der Waals surface area (Å²) in [5.41, 5.74) is 5.62. The van der Waals surface area contributed by atoms with Crippen LogP contribution in [0.3, 0.4) is 0 Å². The highest BCUT2D eigenvalue weighted by atomic mass is 16.2. The monoisotopic (exact) mass is 210 g/mol. The number of anilines is 1. The van der Waals surface area contributed by atoms with Gasteiger partial charge < -0.3 is 11.1 Å². The molecule has 15 heavy (non-hydrogen) atoms. The highest BCUT2D eigenvalue weighted by Gasteiger charge is 2.14. The minimum absolute atomic E-state index is 0.167. The van der Waals surface area contributed by atoms with E-state index < -0.39 is 6.04 Å². The average molecular weight is 210 g/mol. The Kier molecular flexibility index (Phi) is 3.85. The molecule has 0 spiro atoms. The number of hydrogen-bond acceptors (Lipinski definition) is 3. The lowest BCUT2D eigenvalue weighted by Crippen LogP contribution is -2.35. The van der Waals surface area contributed by atoms with Gasteiger partial charge in [0.15, 0.2) is 0 Å². The van der Waals surface area contributed by atoms with Crippen LogP contribution in [0.5, 0.6) is 0 Å². The molecule has 1 aromatic rings. The molecule has 0 aliphatic carbocycles. The van der Waals surface area contributed by atoms with Gasteiger partial charge in [-0.1, -0.05) is 6.92 Å². The Morgan fingerprint density at radius 3 is 2.87 bits per heavy atom. The SMILES string of the molecule is CCC(N)C(=O)Nc1ccnn1C(C)C. The lowest BCUT2D eigenvalue weighted by molar-refractivity contribution is -0.117. The number of amides is 1. The van der Waals surface area contributed by atoms with Gasteiger partial charge in [-0.2, -0.15) is 5.10 Å². The predicted octanol–water partition coefficient (Wildman–Crippen LogP) is 1.14. The molecule has 0 fully saturated rings. The molecule has 1 aromatic heterocycles. The number of hydrogen-bond donors (Lipinski definition) is 2. The zero-order chi connectivity index (χ0) is 11.4. The Morgan fingerprint density at radius 2 is 2.33 bits per heavy atom. The van der Waals surface area contributed by atoms with Crippen molar-refractivity contribution in [2.45, 2.75) is 39.3 Å². The summed E-state index contributed by atoms with van der Waals surface area (Å²) in [7, 11) is 0. The first-order valence-corrected chi connectivity index (χ1v) is 5.16. The lowest BCUT2D eigenvalue weighted by atomic mass is 10.2. The van der Waals surface area contributed by atoms with Crippen molar-refractivity contribution in [1.29, 1.82) is 0 Å². The second kappa shape index (κ2) is 4.93. The quantitative estimate of drug-likeness (QED) is 0.782. The zero-order valence-electron chi connectivity index (χ0n) is 9.40. The van der Waals surface area contributed by atoms with Gasteiger partial charge in [0, 0.05) is 12.1 Å². The molecule has 0 bridgehead atoms. The van der Waals surface area contributed by atoms with Crippen LogP contribution in [-0.2, 0) is 4.79 Å². The van der Waals surface area contributed by atoms with Gasteiger partial charge in [-0.15, -0.1) is 0 Å². The molecule has 1 unspecified atom stereocenters. The number of carbonyl (C=O) groups is 1. The van der Waals surface area contributed by atoms with Crippen molar-refractivity contribution >= 4 is 11.7 Å². The molecule has 84 valence electrons. The molecular weight excluding hydrogens is 192 g/mol. The van der Waals surface area contributed by atoms with E-state index in [1.54, 1.807) is 16.9 Å². The van der Waals surface area contributed by atoms with Crippen LogP contribution in [0.15, 0.2) is 12.3 Å². The summed E-state index contributed by atoms with van der Waals surface area (Å²) in [4.78, 5) is 11.5. The van der Waals surface area contributed by atoms with Gasteiger partial charge in [0.05, 0.1) is 12.2 Å². The van der Waals surface area contributed by atoms with E-state index in [0.717, 1.165) is 0 Å². The Balaban J connectivity index is 2.72. The molecule has 0 saturated carbocycles. The molecule has 0 aromatic carbocycles. The van der Waals surface area contributed by atoms with E-state index in [2.05, 4.69) is 10.4 Å². The number of nitrogens with two attached hydrogens (primary N) is 1. The summed E-state index contributed by atoms with van der Waals surface area (Å²) >= 11 is 0. The molecule has 1 rings (SSSR count). The first-order chi connectivity index (χ1) is 7.06. The summed E-state index contributed by atoms with van der Waals surface area (Å²) in [5, 5.41) is 6.87. The summed E-state index contributed by atoms with van der Waals surface area (Å²) in [6.45, 7) is 5.88. The fourth-order valence-corrected chi connectivity index (χ4v) is 1.23. The molecule has 0 saturated heterocycles. The van der Waals surface area contributed by atoms with Crippen molar-refractivity contribution in [2.24, 2.45) is 5.73 Å². The van der Waals surface area contributed by atoms with Crippen molar-refractivity contribution < 1.29 is 4.79 Å². The minimum Gasteiger partial charge on any atom is -0.320 e. The standard InChI is InChI=1S/C10H18N4O/c1-4-8(11)10(15)13-9-5-6-12-14(9)7(2)3/h5-8H,4,11H2,1-3H3,(H,13,15). The van der Waals surface area contributed by atoms with Crippen molar-refractivity contribution in [1.82, 2.24) is 9.78 Å². The van der Waals surface area contributed by atoms with Crippen LogP contribution in [0.2, 0.25) is 0 Å². The molecule has 3 N–H and O–H groups in total. The second-order valence-corrected chi connectivity index (χ2v) is 3.76. The third kappa shape index (κ3) is 2.79. The second-order valence-electron chi connectivity index (χ2n) is 3.76. The van der Waals surface area contributed by atoms with Crippen LogP contribution < -0.4 is 11.1 Å². The Bertz CT molecular complexity index is 332. The van der Waals surface area contributed by atoms with Crippen LogP contribution in [-0.4, -0.2) is 21.7 Å². The molecule has 0 radical (unpaired) electrons. The summed E-state index contributed by atoms with van der Waals surface area (Å²) in [6.07, 6.45) is 2.29.